The summed E-state index contributed by atoms with van der Waals surface area (Å²) in [4.78, 5) is 0. The molecule has 0 fully saturated rings. The Labute approximate surface area is 70.7 Å². The van der Waals surface area contributed by atoms with Gasteiger partial charge in [0.05, 0.1) is 10.2 Å². The topological polar surface area (TPSA) is 20.2 Å². The maximum absolute atomic E-state index is 8.90. The van der Waals surface area contributed by atoms with Crippen LogP contribution in [0, 0.1) is 3.57 Å². The van der Waals surface area contributed by atoms with E-state index in [9.17, 15) is 0 Å². The summed E-state index contributed by atoms with van der Waals surface area (Å²) < 4.78 is 1.10. The van der Waals surface area contributed by atoms with Gasteiger partial charge in [0.1, 0.15) is 5.75 Å². The summed E-state index contributed by atoms with van der Waals surface area (Å²) in [6.07, 6.45) is 0. The van der Waals surface area contributed by atoms with Gasteiger partial charge in [0.15, 0.2) is 0 Å². The Morgan fingerprint density at radius 2 is 2.11 bits per heavy atom. The molecule has 0 aromatic heterocycles. The molecule has 0 unspecified atom stereocenters. The first-order chi connectivity index (χ1) is 4.20. The van der Waals surface area contributed by atoms with Crippen molar-refractivity contribution in [2.45, 2.75) is 0 Å². The SMILES string of the molecule is Oc1ccc(I)c([Si])c1. The van der Waals surface area contributed by atoms with Gasteiger partial charge in [0, 0.05) is 3.57 Å². The third-order valence-electron chi connectivity index (χ3n) is 0.950. The molecule has 0 atom stereocenters. The van der Waals surface area contributed by atoms with Crippen molar-refractivity contribution < 1.29 is 5.11 Å². The highest BCUT2D eigenvalue weighted by atomic mass is 127. The lowest BCUT2D eigenvalue weighted by Crippen LogP contribution is -2.05. The van der Waals surface area contributed by atoms with E-state index >= 15 is 0 Å². The molecular formula is C6H4IOSi. The first kappa shape index (κ1) is 7.08. The largest absolute Gasteiger partial charge is 0.508 e. The summed E-state index contributed by atoms with van der Waals surface area (Å²) in [7, 11) is 3.33. The van der Waals surface area contributed by atoms with E-state index in [0.29, 0.717) is 5.75 Å². The quantitative estimate of drug-likeness (QED) is 0.531. The Balaban J connectivity index is 3.17. The molecule has 0 aliphatic carbocycles. The Kier molecular flexibility index (Phi) is 2.12. The number of aromatic hydroxyl groups is 1. The van der Waals surface area contributed by atoms with E-state index in [1.165, 1.54) is 0 Å². The van der Waals surface area contributed by atoms with Gasteiger partial charge >= 0.3 is 0 Å². The molecule has 0 spiro atoms. The Hall–Kier alpha value is -0.0331. The van der Waals surface area contributed by atoms with Crippen LogP contribution in [0.2, 0.25) is 0 Å². The zero-order valence-electron chi connectivity index (χ0n) is 4.56. The van der Waals surface area contributed by atoms with Crippen LogP contribution in [0.5, 0.6) is 5.75 Å². The van der Waals surface area contributed by atoms with Crippen molar-refractivity contribution in [3.63, 3.8) is 0 Å². The van der Waals surface area contributed by atoms with Crippen molar-refractivity contribution in [1.29, 1.82) is 0 Å². The zero-order valence-corrected chi connectivity index (χ0v) is 7.71. The molecular weight excluding hydrogens is 243 g/mol. The van der Waals surface area contributed by atoms with Crippen LogP contribution in [-0.2, 0) is 0 Å². The van der Waals surface area contributed by atoms with Crippen molar-refractivity contribution in [2.75, 3.05) is 0 Å². The second kappa shape index (κ2) is 2.70. The number of rotatable bonds is 0. The third-order valence-corrected chi connectivity index (χ3v) is 2.81. The highest BCUT2D eigenvalue weighted by Gasteiger charge is 1.92. The third kappa shape index (κ3) is 1.69. The fourth-order valence-corrected chi connectivity index (χ4v) is 1.08. The van der Waals surface area contributed by atoms with Gasteiger partial charge in [0.25, 0.3) is 0 Å². The van der Waals surface area contributed by atoms with Crippen molar-refractivity contribution >= 4 is 38.0 Å². The monoisotopic (exact) mass is 247 g/mol. The molecule has 9 heavy (non-hydrogen) atoms. The normalized spacial score (nSPS) is 9.56. The number of phenols is 1. The highest BCUT2D eigenvalue weighted by Crippen LogP contribution is 2.07. The predicted molar refractivity (Wildman–Crippen MR) is 46.2 cm³/mol. The van der Waals surface area contributed by atoms with E-state index in [2.05, 4.69) is 32.8 Å². The van der Waals surface area contributed by atoms with Gasteiger partial charge in [-0.15, -0.1) is 0 Å². The van der Waals surface area contributed by atoms with Crippen LogP contribution in [0.25, 0.3) is 0 Å². The molecule has 0 heterocycles. The molecule has 1 nitrogen and oxygen atoms in total. The molecule has 1 rings (SSSR count). The summed E-state index contributed by atoms with van der Waals surface area (Å²) in [5, 5.41) is 9.83. The number of halogens is 1. The van der Waals surface area contributed by atoms with Crippen LogP contribution in [-0.4, -0.2) is 15.3 Å². The molecule has 0 amide bonds. The van der Waals surface area contributed by atoms with Crippen molar-refractivity contribution in [1.82, 2.24) is 0 Å². The molecule has 0 aliphatic heterocycles. The van der Waals surface area contributed by atoms with E-state index in [0.717, 1.165) is 8.76 Å². The zero-order chi connectivity index (χ0) is 6.85. The van der Waals surface area contributed by atoms with E-state index in [1.807, 2.05) is 6.07 Å². The van der Waals surface area contributed by atoms with E-state index in [1.54, 1.807) is 12.1 Å². The summed E-state index contributed by atoms with van der Waals surface area (Å²) in [5.41, 5.74) is 0. The van der Waals surface area contributed by atoms with Crippen molar-refractivity contribution in [3.8, 4) is 5.75 Å². The van der Waals surface area contributed by atoms with Gasteiger partial charge in [0.2, 0.25) is 0 Å². The molecule has 1 aromatic carbocycles. The van der Waals surface area contributed by atoms with E-state index in [-0.39, 0.29) is 0 Å². The Bertz CT molecular complexity index is 224. The minimum atomic E-state index is 0.292. The fraction of sp³-hybridized carbons (Fsp3) is 0. The van der Waals surface area contributed by atoms with Crippen LogP contribution >= 0.6 is 22.6 Å². The van der Waals surface area contributed by atoms with Gasteiger partial charge in [-0.05, 0) is 40.8 Å². The smallest absolute Gasteiger partial charge is 0.115 e. The first-order valence-corrected chi connectivity index (χ1v) is 3.98. The minimum absolute atomic E-state index is 0.292. The van der Waals surface area contributed by atoms with Gasteiger partial charge in [-0.1, -0.05) is 5.19 Å². The van der Waals surface area contributed by atoms with Crippen LogP contribution in [0.3, 0.4) is 0 Å². The molecule has 3 heteroatoms. The molecule has 0 bridgehead atoms. The van der Waals surface area contributed by atoms with Gasteiger partial charge in [-0.3, -0.25) is 0 Å². The molecule has 0 aliphatic rings. The maximum Gasteiger partial charge on any atom is 0.115 e. The molecule has 3 radical (unpaired) electrons. The van der Waals surface area contributed by atoms with E-state index < -0.39 is 0 Å². The summed E-state index contributed by atoms with van der Waals surface area (Å²) in [5.74, 6) is 0.292. The molecule has 1 aromatic rings. The summed E-state index contributed by atoms with van der Waals surface area (Å²) in [6.45, 7) is 0. The Morgan fingerprint density at radius 3 is 2.56 bits per heavy atom. The molecule has 0 saturated carbocycles. The van der Waals surface area contributed by atoms with Crippen LogP contribution in [0.4, 0.5) is 0 Å². The summed E-state index contributed by atoms with van der Waals surface area (Å²) in [6, 6.07) is 5.17. The molecule has 1 N–H and O–H groups in total. The average molecular weight is 247 g/mol. The lowest BCUT2D eigenvalue weighted by Gasteiger charge is -1.95. The van der Waals surface area contributed by atoms with Gasteiger partial charge in [-0.2, -0.15) is 0 Å². The number of phenolic OH excluding ortho intramolecular Hbond substituents is 1. The van der Waals surface area contributed by atoms with E-state index in [4.69, 9.17) is 5.11 Å². The number of benzene rings is 1. The first-order valence-electron chi connectivity index (χ1n) is 2.40. The lowest BCUT2D eigenvalue weighted by atomic mass is 10.3. The summed E-state index contributed by atoms with van der Waals surface area (Å²) >= 11 is 2.18. The van der Waals surface area contributed by atoms with Crippen molar-refractivity contribution in [2.24, 2.45) is 0 Å². The van der Waals surface area contributed by atoms with Crippen LogP contribution in [0.1, 0.15) is 0 Å². The van der Waals surface area contributed by atoms with Gasteiger partial charge < -0.3 is 5.11 Å². The lowest BCUT2D eigenvalue weighted by molar-refractivity contribution is 0.476. The minimum Gasteiger partial charge on any atom is -0.508 e. The Morgan fingerprint density at radius 1 is 1.44 bits per heavy atom. The molecule has 0 saturated heterocycles. The maximum atomic E-state index is 8.90. The second-order valence-corrected chi connectivity index (χ2v) is 3.37. The predicted octanol–water partition coefficient (Wildman–Crippen LogP) is 0.791. The molecule has 45 valence electrons. The standard InChI is InChI=1S/C6H4IOSi/c7-5-2-1-4(8)3-6(5)9/h1-3,8H. The van der Waals surface area contributed by atoms with Crippen LogP contribution < -0.4 is 5.19 Å². The number of hydrogen-bond donors (Lipinski definition) is 1. The second-order valence-electron chi connectivity index (χ2n) is 1.66. The van der Waals surface area contributed by atoms with Crippen LogP contribution in [0.15, 0.2) is 18.2 Å². The van der Waals surface area contributed by atoms with Gasteiger partial charge in [-0.25, -0.2) is 0 Å². The van der Waals surface area contributed by atoms with Crippen molar-refractivity contribution in [3.05, 3.63) is 21.8 Å². The fourth-order valence-electron chi connectivity index (χ4n) is 0.513. The highest BCUT2D eigenvalue weighted by molar-refractivity contribution is 14.1. The average Bonchev–Trinajstić information content (AvgIpc) is 1.80. The number of hydrogen-bond acceptors (Lipinski definition) is 1.